The Balaban J connectivity index is 2.73. The summed E-state index contributed by atoms with van der Waals surface area (Å²) in [7, 11) is 1.47. The van der Waals surface area contributed by atoms with Gasteiger partial charge in [-0.05, 0) is 12.1 Å². The first-order valence-corrected chi connectivity index (χ1v) is 4.09. The van der Waals surface area contributed by atoms with E-state index in [0.717, 1.165) is 10.9 Å². The van der Waals surface area contributed by atoms with Crippen LogP contribution in [-0.4, -0.2) is 17.1 Å². The Kier molecular flexibility index (Phi) is 2.16. The third-order valence-electron chi connectivity index (χ3n) is 1.84. The molecular weight excluding hydrogens is 182 g/mol. The number of hydrogen-bond acceptors (Lipinski definition) is 4. The molecule has 0 bridgehead atoms. The van der Waals surface area contributed by atoms with E-state index in [4.69, 9.17) is 4.84 Å². The third kappa shape index (κ3) is 1.45. The second-order valence-electron chi connectivity index (χ2n) is 2.74. The number of fused-ring (bicyclic) bond motifs is 1. The van der Waals surface area contributed by atoms with Crippen molar-refractivity contribution in [1.29, 1.82) is 0 Å². The van der Waals surface area contributed by atoms with Crippen LogP contribution in [0.15, 0.2) is 29.1 Å². The maximum absolute atomic E-state index is 11.1. The summed E-state index contributed by atoms with van der Waals surface area (Å²) >= 11 is 0. The molecule has 1 aromatic heterocycles. The smallest absolute Gasteiger partial charge is 0.305 e. The Morgan fingerprint density at radius 3 is 3.00 bits per heavy atom. The summed E-state index contributed by atoms with van der Waals surface area (Å²) in [5.41, 5.74) is 2.89. The minimum Gasteiger partial charge on any atom is -0.305 e. The Bertz CT molecular complexity index is 507. The van der Waals surface area contributed by atoms with Crippen molar-refractivity contribution in [2.75, 3.05) is 12.6 Å². The molecule has 14 heavy (non-hydrogen) atoms. The Morgan fingerprint density at radius 2 is 2.21 bits per heavy atom. The highest BCUT2D eigenvalue weighted by Crippen LogP contribution is 2.16. The van der Waals surface area contributed by atoms with Gasteiger partial charge in [-0.2, -0.15) is 4.98 Å². The van der Waals surface area contributed by atoms with Gasteiger partial charge in [-0.25, -0.2) is 10.3 Å². The molecule has 0 aliphatic carbocycles. The largest absolute Gasteiger partial charge is 0.347 e. The lowest BCUT2D eigenvalue weighted by molar-refractivity contribution is 0.269. The fourth-order valence-electron chi connectivity index (χ4n) is 1.28. The zero-order valence-electron chi connectivity index (χ0n) is 7.57. The minimum absolute atomic E-state index is 0.400. The van der Waals surface area contributed by atoms with Crippen molar-refractivity contribution in [2.24, 2.45) is 0 Å². The van der Waals surface area contributed by atoms with Crippen LogP contribution >= 0.6 is 0 Å². The lowest BCUT2D eigenvalue weighted by Crippen LogP contribution is -2.13. The molecule has 5 nitrogen and oxygen atoms in total. The highest BCUT2D eigenvalue weighted by atomic mass is 16.6. The maximum Gasteiger partial charge on any atom is 0.347 e. The van der Waals surface area contributed by atoms with Crippen molar-refractivity contribution >= 4 is 16.7 Å². The molecule has 0 unspecified atom stereocenters. The standard InChI is InChI=1S/C9H9N3O2/c1-14-12-8-6-4-2-3-5-7(6)10-9(13)11-8/h2-5H,1H3,(H2,10,11,12,13). The predicted molar refractivity (Wildman–Crippen MR) is 53.0 cm³/mol. The highest BCUT2D eigenvalue weighted by Gasteiger charge is 2.02. The van der Waals surface area contributed by atoms with Crippen molar-refractivity contribution in [2.45, 2.75) is 0 Å². The summed E-state index contributed by atoms with van der Waals surface area (Å²) in [5, 5.41) is 0.814. The summed E-state index contributed by atoms with van der Waals surface area (Å²) in [5.74, 6) is 0.423. The van der Waals surface area contributed by atoms with Crippen molar-refractivity contribution in [1.82, 2.24) is 9.97 Å². The van der Waals surface area contributed by atoms with Crippen LogP contribution in [0.5, 0.6) is 0 Å². The first kappa shape index (κ1) is 8.71. The van der Waals surface area contributed by atoms with Crippen LogP contribution in [-0.2, 0) is 4.84 Å². The van der Waals surface area contributed by atoms with E-state index >= 15 is 0 Å². The van der Waals surface area contributed by atoms with E-state index in [1.54, 1.807) is 6.07 Å². The van der Waals surface area contributed by atoms with Gasteiger partial charge in [-0.1, -0.05) is 12.1 Å². The van der Waals surface area contributed by atoms with E-state index in [1.165, 1.54) is 7.11 Å². The molecule has 1 heterocycles. The van der Waals surface area contributed by atoms with E-state index in [-0.39, 0.29) is 0 Å². The minimum atomic E-state index is -0.400. The molecule has 0 radical (unpaired) electrons. The molecular formula is C9H9N3O2. The van der Waals surface area contributed by atoms with E-state index in [2.05, 4.69) is 15.4 Å². The van der Waals surface area contributed by atoms with Gasteiger partial charge in [0.1, 0.15) is 0 Å². The monoisotopic (exact) mass is 191 g/mol. The molecule has 0 saturated carbocycles. The van der Waals surface area contributed by atoms with Crippen LogP contribution in [0.2, 0.25) is 0 Å². The highest BCUT2D eigenvalue weighted by molar-refractivity contribution is 5.88. The van der Waals surface area contributed by atoms with E-state index < -0.39 is 5.69 Å². The molecule has 0 spiro atoms. The van der Waals surface area contributed by atoms with Crippen LogP contribution in [0.4, 0.5) is 5.82 Å². The van der Waals surface area contributed by atoms with Crippen molar-refractivity contribution < 1.29 is 4.84 Å². The van der Waals surface area contributed by atoms with Gasteiger partial charge < -0.3 is 4.98 Å². The molecule has 5 heteroatoms. The first-order chi connectivity index (χ1) is 6.81. The number of anilines is 1. The van der Waals surface area contributed by atoms with Gasteiger partial charge in [0.05, 0.1) is 12.6 Å². The maximum atomic E-state index is 11.1. The van der Waals surface area contributed by atoms with Gasteiger partial charge in [0, 0.05) is 5.39 Å². The van der Waals surface area contributed by atoms with Crippen LogP contribution in [0, 0.1) is 0 Å². The fraction of sp³-hybridized carbons (Fsp3) is 0.111. The number of rotatable bonds is 2. The number of hydrogen-bond donors (Lipinski definition) is 2. The van der Waals surface area contributed by atoms with Gasteiger partial charge >= 0.3 is 5.69 Å². The average molecular weight is 191 g/mol. The second kappa shape index (κ2) is 3.47. The normalized spacial score (nSPS) is 10.4. The van der Waals surface area contributed by atoms with Crippen LogP contribution in [0.3, 0.4) is 0 Å². The van der Waals surface area contributed by atoms with Crippen LogP contribution in [0.1, 0.15) is 0 Å². The van der Waals surface area contributed by atoms with Gasteiger partial charge in [0.2, 0.25) is 0 Å². The summed E-state index contributed by atoms with van der Waals surface area (Å²) in [4.78, 5) is 22.2. The lowest BCUT2D eigenvalue weighted by Gasteiger charge is -2.04. The molecule has 1 aromatic carbocycles. The van der Waals surface area contributed by atoms with Crippen molar-refractivity contribution in [3.05, 3.63) is 34.7 Å². The quantitative estimate of drug-likeness (QED) is 0.692. The number of aromatic nitrogens is 2. The Labute approximate surface area is 79.7 Å². The second-order valence-corrected chi connectivity index (χ2v) is 2.74. The van der Waals surface area contributed by atoms with Crippen molar-refractivity contribution in [3.63, 3.8) is 0 Å². The Hall–Kier alpha value is -1.88. The molecule has 0 aliphatic rings. The van der Waals surface area contributed by atoms with Crippen LogP contribution in [0.25, 0.3) is 10.9 Å². The summed E-state index contributed by atoms with van der Waals surface area (Å²) in [6.07, 6.45) is 0. The number of nitrogens with zero attached hydrogens (tertiary/aromatic N) is 1. The topological polar surface area (TPSA) is 67.0 Å². The van der Waals surface area contributed by atoms with Crippen LogP contribution < -0.4 is 11.2 Å². The molecule has 0 amide bonds. The zero-order valence-corrected chi connectivity index (χ0v) is 7.57. The van der Waals surface area contributed by atoms with E-state index in [1.807, 2.05) is 18.2 Å². The zero-order chi connectivity index (χ0) is 9.97. The summed E-state index contributed by atoms with van der Waals surface area (Å²) < 4.78 is 0. The number of para-hydroxylation sites is 1. The number of nitrogens with one attached hydrogen (secondary N) is 2. The first-order valence-electron chi connectivity index (χ1n) is 4.09. The average Bonchev–Trinajstić information content (AvgIpc) is 2.18. The molecule has 0 fully saturated rings. The molecule has 0 saturated heterocycles. The van der Waals surface area contributed by atoms with E-state index in [0.29, 0.717) is 5.82 Å². The summed E-state index contributed by atoms with van der Waals surface area (Å²) in [6, 6.07) is 7.36. The molecule has 0 aliphatic heterocycles. The number of benzene rings is 1. The summed E-state index contributed by atoms with van der Waals surface area (Å²) in [6.45, 7) is 0. The van der Waals surface area contributed by atoms with Crippen molar-refractivity contribution in [3.8, 4) is 0 Å². The predicted octanol–water partition coefficient (Wildman–Crippen LogP) is 0.896. The van der Waals surface area contributed by atoms with Gasteiger partial charge in [0.25, 0.3) is 0 Å². The number of H-pyrrole nitrogens is 1. The molecule has 0 atom stereocenters. The molecule has 2 aromatic rings. The molecule has 2 rings (SSSR count). The Morgan fingerprint density at radius 1 is 1.43 bits per heavy atom. The van der Waals surface area contributed by atoms with Gasteiger partial charge in [-0.15, -0.1) is 0 Å². The van der Waals surface area contributed by atoms with E-state index in [9.17, 15) is 4.79 Å². The van der Waals surface area contributed by atoms with Gasteiger partial charge in [-0.3, -0.25) is 4.84 Å². The fourth-order valence-corrected chi connectivity index (χ4v) is 1.28. The lowest BCUT2D eigenvalue weighted by atomic mass is 10.2. The number of aromatic amines is 1. The van der Waals surface area contributed by atoms with Gasteiger partial charge in [0.15, 0.2) is 5.82 Å². The molecule has 72 valence electrons. The SMILES string of the molecule is CONc1nc(=O)[nH]c2ccccc12. The molecule has 2 N–H and O–H groups in total. The third-order valence-corrected chi connectivity index (χ3v) is 1.84.